The van der Waals surface area contributed by atoms with E-state index < -0.39 is 26.5 Å². The smallest absolute Gasteiger partial charge is 0.306 e. The Hall–Kier alpha value is -1.51. The normalized spacial score (nSPS) is 13.5. The van der Waals surface area contributed by atoms with Gasteiger partial charge in [0, 0.05) is 12.8 Å². The van der Waals surface area contributed by atoms with Gasteiger partial charge in [0.25, 0.3) is 7.82 Å². The van der Waals surface area contributed by atoms with E-state index in [0.717, 1.165) is 44.9 Å². The Morgan fingerprint density at radius 3 is 1.25 bits per heavy atom. The van der Waals surface area contributed by atoms with E-state index >= 15 is 0 Å². The van der Waals surface area contributed by atoms with Crippen LogP contribution in [0.3, 0.4) is 0 Å². The molecular weight excluding hydrogens is 822 g/mol. The molecular formula is C54H104NO8P. The van der Waals surface area contributed by atoms with Crippen LogP contribution in [-0.2, 0) is 32.7 Å². The van der Waals surface area contributed by atoms with Gasteiger partial charge in [-0.1, -0.05) is 224 Å². The number of quaternary nitrogens is 1. The van der Waals surface area contributed by atoms with Crippen molar-refractivity contribution in [1.29, 1.82) is 0 Å². The first kappa shape index (κ1) is 62.5. The second-order valence-corrected chi connectivity index (χ2v) is 21.0. The van der Waals surface area contributed by atoms with Gasteiger partial charge in [-0.2, -0.15) is 0 Å². The Bertz CT molecular complexity index is 1140. The fraction of sp³-hybridized carbons (Fsp3) is 0.889. The molecule has 0 aromatic carbocycles. The predicted octanol–water partition coefficient (Wildman–Crippen LogP) is 15.6. The first-order valence-corrected chi connectivity index (χ1v) is 28.5. The van der Waals surface area contributed by atoms with Crippen molar-refractivity contribution >= 4 is 19.8 Å². The summed E-state index contributed by atoms with van der Waals surface area (Å²) < 4.78 is 34.0. The number of phosphoric acid groups is 1. The molecule has 378 valence electrons. The number of allylic oxidation sites excluding steroid dienone is 4. The third-order valence-corrected chi connectivity index (χ3v) is 12.9. The van der Waals surface area contributed by atoms with Gasteiger partial charge >= 0.3 is 11.9 Å². The Morgan fingerprint density at radius 1 is 0.469 bits per heavy atom. The molecule has 0 aliphatic carbocycles. The summed E-state index contributed by atoms with van der Waals surface area (Å²) in [5.41, 5.74) is 0. The molecule has 10 heteroatoms. The largest absolute Gasteiger partial charge is 0.756 e. The molecule has 0 heterocycles. The zero-order valence-electron chi connectivity index (χ0n) is 42.7. The number of nitrogens with zero attached hydrogens (tertiary/aromatic N) is 1. The number of rotatable bonds is 50. The summed E-state index contributed by atoms with van der Waals surface area (Å²) in [5.74, 6) is -0.870. The summed E-state index contributed by atoms with van der Waals surface area (Å²) in [5, 5.41) is 0. The average Bonchev–Trinajstić information content (AvgIpc) is 3.25. The summed E-state index contributed by atoms with van der Waals surface area (Å²) in [6, 6.07) is 0. The van der Waals surface area contributed by atoms with Crippen LogP contribution in [-0.4, -0.2) is 70.0 Å². The highest BCUT2D eigenvalue weighted by molar-refractivity contribution is 7.45. The lowest BCUT2D eigenvalue weighted by Crippen LogP contribution is -2.37. The van der Waals surface area contributed by atoms with E-state index in [1.165, 1.54) is 180 Å². The quantitative estimate of drug-likeness (QED) is 0.0195. The van der Waals surface area contributed by atoms with E-state index in [9.17, 15) is 19.0 Å². The molecule has 0 aliphatic heterocycles. The summed E-state index contributed by atoms with van der Waals surface area (Å²) in [6.45, 7) is 4.24. The number of unbranched alkanes of at least 4 members (excludes halogenated alkanes) is 32. The minimum atomic E-state index is -4.64. The predicted molar refractivity (Wildman–Crippen MR) is 268 cm³/mol. The van der Waals surface area contributed by atoms with Crippen molar-refractivity contribution in [3.05, 3.63) is 24.3 Å². The van der Waals surface area contributed by atoms with Crippen LogP contribution in [0.25, 0.3) is 0 Å². The van der Waals surface area contributed by atoms with E-state index in [4.69, 9.17) is 18.5 Å². The zero-order chi connectivity index (χ0) is 47.1. The van der Waals surface area contributed by atoms with Crippen LogP contribution in [0.1, 0.15) is 258 Å². The third kappa shape index (κ3) is 49.9. The number of hydrogen-bond donors (Lipinski definition) is 0. The second kappa shape index (κ2) is 46.6. The molecule has 0 aliphatic rings. The van der Waals surface area contributed by atoms with Crippen molar-refractivity contribution in [1.82, 2.24) is 0 Å². The van der Waals surface area contributed by atoms with Gasteiger partial charge in [-0.15, -0.1) is 0 Å². The standard InChI is InChI=1S/C54H104NO8P/c1-6-8-10-12-14-16-18-20-22-24-25-26-27-28-29-31-33-35-37-39-41-43-45-47-54(57)63-52(51-62-64(58,59)61-49-48-55(3,4)5)50-60-53(56)46-44-42-40-38-36-34-32-30-23-21-19-17-15-13-11-9-7-2/h31,33,39,41,52H,6-30,32,34-38,40,42-51H2,1-5H3/b33-31+,41-39+/t52-/m1/s1. The topological polar surface area (TPSA) is 111 Å². The number of carbonyl (C=O) groups is 2. The van der Waals surface area contributed by atoms with Gasteiger partial charge in [0.05, 0.1) is 27.7 Å². The van der Waals surface area contributed by atoms with Crippen LogP contribution < -0.4 is 4.89 Å². The molecule has 0 radical (unpaired) electrons. The monoisotopic (exact) mass is 926 g/mol. The first-order valence-electron chi connectivity index (χ1n) is 27.0. The minimum absolute atomic E-state index is 0.0353. The Morgan fingerprint density at radius 2 is 0.828 bits per heavy atom. The zero-order valence-corrected chi connectivity index (χ0v) is 43.6. The molecule has 2 atom stereocenters. The lowest BCUT2D eigenvalue weighted by Gasteiger charge is -2.28. The van der Waals surface area contributed by atoms with Crippen molar-refractivity contribution in [2.75, 3.05) is 47.5 Å². The molecule has 64 heavy (non-hydrogen) atoms. The van der Waals surface area contributed by atoms with Crippen LogP contribution in [0.15, 0.2) is 24.3 Å². The van der Waals surface area contributed by atoms with Crippen molar-refractivity contribution in [3.63, 3.8) is 0 Å². The van der Waals surface area contributed by atoms with E-state index in [1.807, 2.05) is 21.1 Å². The maximum Gasteiger partial charge on any atom is 0.306 e. The van der Waals surface area contributed by atoms with Gasteiger partial charge in [0.2, 0.25) is 0 Å². The Balaban J connectivity index is 4.24. The number of hydrogen-bond acceptors (Lipinski definition) is 8. The molecule has 0 saturated carbocycles. The summed E-state index contributed by atoms with van der Waals surface area (Å²) in [4.78, 5) is 37.7. The molecule has 9 nitrogen and oxygen atoms in total. The molecule has 0 bridgehead atoms. The van der Waals surface area contributed by atoms with Crippen LogP contribution in [0.2, 0.25) is 0 Å². The van der Waals surface area contributed by atoms with Gasteiger partial charge < -0.3 is 27.9 Å². The number of phosphoric ester groups is 1. The van der Waals surface area contributed by atoms with Crippen molar-refractivity contribution in [2.45, 2.75) is 264 Å². The van der Waals surface area contributed by atoms with E-state index in [-0.39, 0.29) is 32.0 Å². The molecule has 1 unspecified atom stereocenters. The van der Waals surface area contributed by atoms with E-state index in [0.29, 0.717) is 17.4 Å². The highest BCUT2D eigenvalue weighted by Crippen LogP contribution is 2.38. The maximum absolute atomic E-state index is 12.7. The van der Waals surface area contributed by atoms with Crippen molar-refractivity contribution in [2.24, 2.45) is 0 Å². The summed E-state index contributed by atoms with van der Waals surface area (Å²) >= 11 is 0. The third-order valence-electron chi connectivity index (χ3n) is 12.0. The van der Waals surface area contributed by atoms with Gasteiger partial charge in [0.15, 0.2) is 6.10 Å². The molecule has 0 aromatic heterocycles. The van der Waals surface area contributed by atoms with Crippen LogP contribution in [0.5, 0.6) is 0 Å². The van der Waals surface area contributed by atoms with Crippen LogP contribution >= 0.6 is 7.82 Å². The van der Waals surface area contributed by atoms with Gasteiger partial charge in [-0.3, -0.25) is 14.2 Å². The molecule has 0 rings (SSSR count). The highest BCUT2D eigenvalue weighted by atomic mass is 31.2. The fourth-order valence-corrected chi connectivity index (χ4v) is 8.46. The van der Waals surface area contributed by atoms with Gasteiger partial charge in [0.1, 0.15) is 19.8 Å². The molecule has 0 saturated heterocycles. The maximum atomic E-state index is 12.7. The molecule has 0 fully saturated rings. The summed E-state index contributed by atoms with van der Waals surface area (Å²) in [6.07, 6.45) is 53.7. The minimum Gasteiger partial charge on any atom is -0.756 e. The van der Waals surface area contributed by atoms with Crippen molar-refractivity contribution < 1.29 is 42.1 Å². The van der Waals surface area contributed by atoms with Crippen LogP contribution in [0.4, 0.5) is 0 Å². The Kier molecular flexibility index (Phi) is 45.5. The lowest BCUT2D eigenvalue weighted by atomic mass is 10.0. The molecule has 0 aromatic rings. The first-order chi connectivity index (χ1) is 31.0. The number of ether oxygens (including phenoxy) is 2. The lowest BCUT2D eigenvalue weighted by molar-refractivity contribution is -0.870. The van der Waals surface area contributed by atoms with Gasteiger partial charge in [-0.25, -0.2) is 0 Å². The van der Waals surface area contributed by atoms with Gasteiger partial charge in [-0.05, 0) is 44.9 Å². The van der Waals surface area contributed by atoms with E-state index in [2.05, 4.69) is 38.2 Å². The van der Waals surface area contributed by atoms with Crippen molar-refractivity contribution in [3.8, 4) is 0 Å². The fourth-order valence-electron chi connectivity index (χ4n) is 7.74. The second-order valence-electron chi connectivity index (χ2n) is 19.6. The number of likely N-dealkylation sites (N-methyl/N-ethyl adjacent to an activating group) is 1. The molecule has 0 N–H and O–H groups in total. The average molecular weight is 926 g/mol. The van der Waals surface area contributed by atoms with E-state index in [1.54, 1.807) is 0 Å². The number of esters is 2. The Labute approximate surface area is 396 Å². The summed E-state index contributed by atoms with van der Waals surface area (Å²) in [7, 11) is 1.15. The SMILES string of the molecule is CCCCCCCCCCCCCCCC/C=C/CC/C=C/CCCC(=O)O[C@H](COC(=O)CCCCCCCCCCCCCCCCCCC)COP(=O)([O-])OCC[N+](C)(C)C. The number of carbonyl (C=O) groups excluding carboxylic acids is 2. The molecule has 0 amide bonds. The van der Waals surface area contributed by atoms with Crippen LogP contribution in [0, 0.1) is 0 Å². The molecule has 0 spiro atoms. The highest BCUT2D eigenvalue weighted by Gasteiger charge is 2.21.